The fourth-order valence-corrected chi connectivity index (χ4v) is 4.92. The SMILES string of the molecule is Cc1cc2cc([C@H](c3nnnn3C(C)(C)C)N3CCN(c4ccccc4)CC3)c(=O)[nH]c2cc1C. The molecule has 1 aliphatic rings. The number of fused-ring (bicyclic) bond motifs is 1. The van der Waals surface area contributed by atoms with E-state index in [-0.39, 0.29) is 17.1 Å². The molecule has 182 valence electrons. The average Bonchev–Trinajstić information content (AvgIpc) is 3.32. The van der Waals surface area contributed by atoms with Gasteiger partial charge in [0.15, 0.2) is 5.82 Å². The van der Waals surface area contributed by atoms with Crippen molar-refractivity contribution >= 4 is 16.6 Å². The molecule has 0 unspecified atom stereocenters. The molecule has 1 fully saturated rings. The molecule has 2 aromatic carbocycles. The fourth-order valence-electron chi connectivity index (χ4n) is 4.92. The Morgan fingerprint density at radius 2 is 1.63 bits per heavy atom. The number of aryl methyl sites for hydroxylation is 2. The van der Waals surface area contributed by atoms with Crippen molar-refractivity contribution in [2.24, 2.45) is 0 Å². The summed E-state index contributed by atoms with van der Waals surface area (Å²) in [6.45, 7) is 13.7. The summed E-state index contributed by atoms with van der Waals surface area (Å²) in [6.07, 6.45) is 0. The molecule has 0 radical (unpaired) electrons. The molecular weight excluding hydrogens is 438 g/mol. The van der Waals surface area contributed by atoms with Gasteiger partial charge in [-0.1, -0.05) is 18.2 Å². The number of H-pyrrole nitrogens is 1. The Morgan fingerprint density at radius 3 is 2.31 bits per heavy atom. The summed E-state index contributed by atoms with van der Waals surface area (Å²) in [6, 6.07) is 16.3. The van der Waals surface area contributed by atoms with Gasteiger partial charge in [0.1, 0.15) is 6.04 Å². The number of aromatic amines is 1. The summed E-state index contributed by atoms with van der Waals surface area (Å²) < 4.78 is 1.85. The van der Waals surface area contributed by atoms with Gasteiger partial charge in [-0.2, -0.15) is 0 Å². The third-order valence-corrected chi connectivity index (χ3v) is 6.96. The second-order valence-corrected chi connectivity index (χ2v) is 10.5. The summed E-state index contributed by atoms with van der Waals surface area (Å²) in [5, 5.41) is 13.8. The molecule has 1 saturated heterocycles. The van der Waals surface area contributed by atoms with Crippen molar-refractivity contribution < 1.29 is 0 Å². The zero-order chi connectivity index (χ0) is 24.7. The van der Waals surface area contributed by atoms with Crippen LogP contribution in [0, 0.1) is 13.8 Å². The second kappa shape index (κ2) is 8.92. The largest absolute Gasteiger partial charge is 0.369 e. The number of benzene rings is 2. The van der Waals surface area contributed by atoms with Crippen molar-refractivity contribution in [3.05, 3.63) is 81.4 Å². The molecule has 5 rings (SSSR count). The molecule has 1 N–H and O–H groups in total. The molecule has 8 nitrogen and oxygen atoms in total. The Hall–Kier alpha value is -3.52. The number of aromatic nitrogens is 5. The molecule has 1 atom stereocenters. The number of piperazine rings is 1. The summed E-state index contributed by atoms with van der Waals surface area (Å²) in [5.41, 5.74) is 4.69. The van der Waals surface area contributed by atoms with Crippen LogP contribution in [-0.4, -0.2) is 56.3 Å². The third kappa shape index (κ3) is 4.46. The van der Waals surface area contributed by atoms with E-state index in [9.17, 15) is 4.79 Å². The summed E-state index contributed by atoms with van der Waals surface area (Å²) in [5.74, 6) is 0.694. The minimum Gasteiger partial charge on any atom is -0.369 e. The maximum Gasteiger partial charge on any atom is 0.253 e. The second-order valence-electron chi connectivity index (χ2n) is 10.5. The molecule has 4 aromatic rings. The number of nitrogens with one attached hydrogen (secondary N) is 1. The van der Waals surface area contributed by atoms with E-state index in [4.69, 9.17) is 0 Å². The molecule has 8 heteroatoms. The molecule has 3 heterocycles. The maximum absolute atomic E-state index is 13.5. The van der Waals surface area contributed by atoms with E-state index < -0.39 is 0 Å². The molecule has 0 saturated carbocycles. The number of pyridine rings is 1. The first-order chi connectivity index (χ1) is 16.7. The minimum absolute atomic E-state index is 0.0975. The van der Waals surface area contributed by atoms with Crippen molar-refractivity contribution in [1.82, 2.24) is 30.1 Å². The Labute approximate surface area is 205 Å². The van der Waals surface area contributed by atoms with Crippen LogP contribution < -0.4 is 10.5 Å². The lowest BCUT2D eigenvalue weighted by atomic mass is 9.99. The van der Waals surface area contributed by atoms with Crippen LogP contribution in [0.5, 0.6) is 0 Å². The van der Waals surface area contributed by atoms with Gasteiger partial charge in [-0.3, -0.25) is 9.69 Å². The van der Waals surface area contributed by atoms with E-state index >= 15 is 0 Å². The van der Waals surface area contributed by atoms with Gasteiger partial charge >= 0.3 is 0 Å². The Bertz CT molecular complexity index is 1390. The first-order valence-corrected chi connectivity index (χ1v) is 12.2. The van der Waals surface area contributed by atoms with Crippen LogP contribution in [0.3, 0.4) is 0 Å². The van der Waals surface area contributed by atoms with E-state index in [2.05, 4.69) is 95.3 Å². The van der Waals surface area contributed by atoms with Gasteiger partial charge in [0.25, 0.3) is 5.56 Å². The highest BCUT2D eigenvalue weighted by Gasteiger charge is 2.35. The first-order valence-electron chi connectivity index (χ1n) is 12.2. The summed E-state index contributed by atoms with van der Waals surface area (Å²) in [7, 11) is 0. The number of para-hydroxylation sites is 1. The summed E-state index contributed by atoms with van der Waals surface area (Å²) in [4.78, 5) is 21.3. The van der Waals surface area contributed by atoms with E-state index in [1.807, 2.05) is 22.9 Å². The van der Waals surface area contributed by atoms with Crippen molar-refractivity contribution in [3.63, 3.8) is 0 Å². The van der Waals surface area contributed by atoms with Crippen LogP contribution in [0.1, 0.15) is 49.3 Å². The number of tetrazole rings is 1. The maximum atomic E-state index is 13.5. The van der Waals surface area contributed by atoms with Crippen LogP contribution in [0.2, 0.25) is 0 Å². The molecule has 2 aromatic heterocycles. The molecular formula is C27H33N7O. The topological polar surface area (TPSA) is 82.9 Å². The third-order valence-electron chi connectivity index (χ3n) is 6.96. The number of hydrogen-bond acceptors (Lipinski definition) is 6. The number of rotatable bonds is 4. The minimum atomic E-state index is -0.350. The monoisotopic (exact) mass is 471 g/mol. The lowest BCUT2D eigenvalue weighted by molar-refractivity contribution is 0.190. The Morgan fingerprint density at radius 1 is 0.943 bits per heavy atom. The van der Waals surface area contributed by atoms with Gasteiger partial charge in [-0.25, -0.2) is 4.68 Å². The lowest BCUT2D eigenvalue weighted by Gasteiger charge is -2.40. The zero-order valence-electron chi connectivity index (χ0n) is 21.1. The van der Waals surface area contributed by atoms with Gasteiger partial charge in [0, 0.05) is 42.9 Å². The smallest absolute Gasteiger partial charge is 0.253 e. The van der Waals surface area contributed by atoms with Gasteiger partial charge < -0.3 is 9.88 Å². The zero-order valence-corrected chi connectivity index (χ0v) is 21.1. The van der Waals surface area contributed by atoms with Crippen molar-refractivity contribution in [1.29, 1.82) is 0 Å². The van der Waals surface area contributed by atoms with Crippen LogP contribution in [0.4, 0.5) is 5.69 Å². The molecule has 0 amide bonds. The number of anilines is 1. The highest BCUT2D eigenvalue weighted by molar-refractivity contribution is 5.81. The molecule has 0 spiro atoms. The highest BCUT2D eigenvalue weighted by atomic mass is 16.1. The van der Waals surface area contributed by atoms with Crippen LogP contribution in [0.25, 0.3) is 10.9 Å². The molecule has 0 bridgehead atoms. The Kier molecular flexibility index (Phi) is 5.92. The molecule has 0 aliphatic carbocycles. The normalized spacial score (nSPS) is 16.1. The predicted octanol–water partition coefficient (Wildman–Crippen LogP) is 3.80. The van der Waals surface area contributed by atoms with Crippen molar-refractivity contribution in [3.8, 4) is 0 Å². The summed E-state index contributed by atoms with van der Waals surface area (Å²) >= 11 is 0. The number of hydrogen-bond donors (Lipinski definition) is 1. The fraction of sp³-hybridized carbons (Fsp3) is 0.407. The molecule has 35 heavy (non-hydrogen) atoms. The first kappa shape index (κ1) is 23.2. The predicted molar refractivity (Wildman–Crippen MR) is 139 cm³/mol. The van der Waals surface area contributed by atoms with Crippen LogP contribution in [0.15, 0.2) is 53.3 Å². The average molecular weight is 472 g/mol. The van der Waals surface area contributed by atoms with Gasteiger partial charge in [0.2, 0.25) is 0 Å². The van der Waals surface area contributed by atoms with E-state index in [1.165, 1.54) is 11.3 Å². The highest BCUT2D eigenvalue weighted by Crippen LogP contribution is 2.31. The Balaban J connectivity index is 1.58. The van der Waals surface area contributed by atoms with E-state index in [1.54, 1.807) is 0 Å². The van der Waals surface area contributed by atoms with Gasteiger partial charge in [-0.15, -0.1) is 5.10 Å². The standard InChI is InChI=1S/C27H33N7O/c1-18-15-20-17-22(26(35)28-23(20)16-19(18)2)24(25-29-30-31-34(25)27(3,4)5)33-13-11-32(12-14-33)21-9-7-6-8-10-21/h6-10,15-17,24H,11-14H2,1-5H3,(H,28,35)/t24-/m1/s1. The van der Waals surface area contributed by atoms with Gasteiger partial charge in [0.05, 0.1) is 5.54 Å². The van der Waals surface area contributed by atoms with Crippen LogP contribution in [-0.2, 0) is 5.54 Å². The van der Waals surface area contributed by atoms with E-state index in [0.717, 1.165) is 42.6 Å². The van der Waals surface area contributed by atoms with Crippen LogP contribution >= 0.6 is 0 Å². The van der Waals surface area contributed by atoms with Crippen molar-refractivity contribution in [2.75, 3.05) is 31.1 Å². The van der Waals surface area contributed by atoms with Gasteiger partial charge in [-0.05, 0) is 91.9 Å². The molecule has 1 aliphatic heterocycles. The lowest BCUT2D eigenvalue weighted by Crippen LogP contribution is -2.49. The van der Waals surface area contributed by atoms with Crippen molar-refractivity contribution in [2.45, 2.75) is 46.2 Å². The quantitative estimate of drug-likeness (QED) is 0.488. The number of nitrogens with zero attached hydrogens (tertiary/aromatic N) is 6. The van der Waals surface area contributed by atoms with E-state index in [0.29, 0.717) is 11.4 Å².